The van der Waals surface area contributed by atoms with Gasteiger partial charge in [-0.3, -0.25) is 15.2 Å². The average Bonchev–Trinajstić information content (AvgIpc) is 3.42. The molecule has 3 atom stereocenters. The third kappa shape index (κ3) is 3.27. The summed E-state index contributed by atoms with van der Waals surface area (Å²) in [6.45, 7) is 4.41. The Labute approximate surface area is 170 Å². The molecule has 1 saturated heterocycles. The molecule has 1 aromatic heterocycles. The van der Waals surface area contributed by atoms with Crippen molar-refractivity contribution in [1.82, 2.24) is 20.5 Å². The molecule has 7 nitrogen and oxygen atoms in total. The minimum absolute atomic E-state index is 0.112. The first-order valence-corrected chi connectivity index (χ1v) is 10.0. The van der Waals surface area contributed by atoms with Crippen LogP contribution < -0.4 is 15.5 Å². The SMILES string of the molecule is CC(c1cccnc1)C1CNCC1C1=NC2=CN(c3ccccc3)CN2C(=O)N1. The van der Waals surface area contributed by atoms with Crippen LogP contribution in [0.25, 0.3) is 0 Å². The number of aromatic nitrogens is 1. The number of hydrogen-bond acceptors (Lipinski definition) is 5. The number of pyridine rings is 1. The molecule has 1 aromatic carbocycles. The molecule has 0 aliphatic carbocycles. The van der Waals surface area contributed by atoms with Crippen LogP contribution >= 0.6 is 0 Å². The van der Waals surface area contributed by atoms with Gasteiger partial charge < -0.3 is 10.2 Å². The summed E-state index contributed by atoms with van der Waals surface area (Å²) < 4.78 is 0. The number of para-hydroxylation sites is 1. The van der Waals surface area contributed by atoms with Crippen molar-refractivity contribution >= 4 is 17.6 Å². The first-order chi connectivity index (χ1) is 14.2. The van der Waals surface area contributed by atoms with Gasteiger partial charge in [0, 0.05) is 36.7 Å². The molecule has 2 aromatic rings. The van der Waals surface area contributed by atoms with Crippen LogP contribution in [0.2, 0.25) is 0 Å². The number of amidine groups is 1. The maximum absolute atomic E-state index is 12.8. The van der Waals surface area contributed by atoms with E-state index in [1.54, 1.807) is 11.1 Å². The highest BCUT2D eigenvalue weighted by Crippen LogP contribution is 2.34. The summed E-state index contributed by atoms with van der Waals surface area (Å²) in [6, 6.07) is 14.0. The Bertz CT molecular complexity index is 958. The van der Waals surface area contributed by atoms with Gasteiger partial charge in [0.1, 0.15) is 12.5 Å². The number of aliphatic imine (C=N–C) groups is 1. The fourth-order valence-electron chi connectivity index (χ4n) is 4.43. The second-order valence-corrected chi connectivity index (χ2v) is 7.79. The molecule has 2 amide bonds. The van der Waals surface area contributed by atoms with Crippen molar-refractivity contribution in [2.75, 3.05) is 24.7 Å². The van der Waals surface area contributed by atoms with Gasteiger partial charge in [-0.1, -0.05) is 31.2 Å². The standard InChI is InChI=1S/C22H24N6O/c1-15(16-6-5-9-23-10-16)18-11-24-12-19(18)21-25-20-13-27(14-28(20)22(29)26-21)17-7-3-2-4-8-17/h2-10,13,15,18-19,24H,11-12,14H2,1H3,(H,25,26,29). The molecule has 1 fully saturated rings. The summed E-state index contributed by atoms with van der Waals surface area (Å²) in [5, 5.41) is 6.54. The van der Waals surface area contributed by atoms with Crippen molar-refractivity contribution < 1.29 is 4.79 Å². The number of urea groups is 1. The fourth-order valence-corrected chi connectivity index (χ4v) is 4.43. The quantitative estimate of drug-likeness (QED) is 0.845. The van der Waals surface area contributed by atoms with E-state index in [9.17, 15) is 4.79 Å². The number of nitrogens with zero attached hydrogens (tertiary/aromatic N) is 4. The van der Waals surface area contributed by atoms with Crippen molar-refractivity contribution in [3.8, 4) is 0 Å². The molecule has 148 valence electrons. The molecule has 0 spiro atoms. The van der Waals surface area contributed by atoms with E-state index in [1.807, 2.05) is 53.7 Å². The van der Waals surface area contributed by atoms with Crippen molar-refractivity contribution in [1.29, 1.82) is 0 Å². The highest BCUT2D eigenvalue weighted by molar-refractivity contribution is 6.02. The Kier molecular flexibility index (Phi) is 4.52. The number of carbonyl (C=O) groups is 1. The van der Waals surface area contributed by atoms with Gasteiger partial charge in [-0.2, -0.15) is 0 Å². The lowest BCUT2D eigenvalue weighted by molar-refractivity contribution is 0.216. The van der Waals surface area contributed by atoms with E-state index < -0.39 is 0 Å². The van der Waals surface area contributed by atoms with Crippen LogP contribution in [0.5, 0.6) is 0 Å². The summed E-state index contributed by atoms with van der Waals surface area (Å²) >= 11 is 0. The molecule has 3 aliphatic rings. The Morgan fingerprint density at radius 2 is 2.00 bits per heavy atom. The summed E-state index contributed by atoms with van der Waals surface area (Å²) in [6.07, 6.45) is 5.68. The topological polar surface area (TPSA) is 72.9 Å². The number of benzene rings is 1. The Morgan fingerprint density at radius 3 is 2.79 bits per heavy atom. The molecule has 7 heteroatoms. The lowest BCUT2D eigenvalue weighted by Crippen LogP contribution is -2.50. The molecule has 3 aliphatic heterocycles. The van der Waals surface area contributed by atoms with Crippen molar-refractivity contribution in [2.24, 2.45) is 16.8 Å². The maximum Gasteiger partial charge on any atom is 0.329 e. The summed E-state index contributed by atoms with van der Waals surface area (Å²) in [5.74, 6) is 2.28. The van der Waals surface area contributed by atoms with Gasteiger partial charge in [-0.05, 0) is 42.1 Å². The zero-order chi connectivity index (χ0) is 19.8. The van der Waals surface area contributed by atoms with E-state index >= 15 is 0 Å². The molecule has 0 bridgehead atoms. The van der Waals surface area contributed by atoms with Gasteiger partial charge in [-0.15, -0.1) is 0 Å². The summed E-state index contributed by atoms with van der Waals surface area (Å²) in [4.78, 5) is 25.6. The van der Waals surface area contributed by atoms with Crippen molar-refractivity contribution in [2.45, 2.75) is 12.8 Å². The van der Waals surface area contributed by atoms with Crippen LogP contribution in [-0.2, 0) is 0 Å². The number of anilines is 1. The van der Waals surface area contributed by atoms with Crippen LogP contribution in [0.4, 0.5) is 10.5 Å². The van der Waals surface area contributed by atoms with Gasteiger partial charge in [0.25, 0.3) is 0 Å². The van der Waals surface area contributed by atoms with Gasteiger partial charge in [0.05, 0.1) is 0 Å². The van der Waals surface area contributed by atoms with Gasteiger partial charge >= 0.3 is 6.03 Å². The molecule has 0 radical (unpaired) electrons. The van der Waals surface area contributed by atoms with E-state index in [0.29, 0.717) is 24.3 Å². The van der Waals surface area contributed by atoms with Crippen molar-refractivity contribution in [3.63, 3.8) is 0 Å². The van der Waals surface area contributed by atoms with E-state index in [0.717, 1.165) is 24.6 Å². The molecule has 0 saturated carbocycles. The predicted octanol–water partition coefficient (Wildman–Crippen LogP) is 2.72. The van der Waals surface area contributed by atoms with Crippen LogP contribution in [0.3, 0.4) is 0 Å². The van der Waals surface area contributed by atoms with Crippen LogP contribution in [0.1, 0.15) is 18.4 Å². The minimum atomic E-state index is -0.112. The Balaban J connectivity index is 1.41. The molecular formula is C22H24N6O. The molecular weight excluding hydrogens is 364 g/mol. The third-order valence-corrected chi connectivity index (χ3v) is 6.11. The first-order valence-electron chi connectivity index (χ1n) is 10.0. The largest absolute Gasteiger partial charge is 0.329 e. The monoisotopic (exact) mass is 388 g/mol. The fraction of sp³-hybridized carbons (Fsp3) is 0.318. The van der Waals surface area contributed by atoms with Gasteiger partial charge in [0.2, 0.25) is 0 Å². The minimum Gasteiger partial charge on any atom is -0.326 e. The third-order valence-electron chi connectivity index (χ3n) is 6.11. The van der Waals surface area contributed by atoms with Gasteiger partial charge in [0.15, 0.2) is 5.82 Å². The highest BCUT2D eigenvalue weighted by Gasteiger charge is 2.40. The summed E-state index contributed by atoms with van der Waals surface area (Å²) in [5.41, 5.74) is 2.26. The number of rotatable bonds is 4. The van der Waals surface area contributed by atoms with E-state index in [2.05, 4.69) is 28.6 Å². The molecule has 2 N–H and O–H groups in total. The number of amides is 2. The van der Waals surface area contributed by atoms with E-state index in [4.69, 9.17) is 4.99 Å². The normalized spacial score (nSPS) is 24.7. The zero-order valence-corrected chi connectivity index (χ0v) is 16.3. The first kappa shape index (κ1) is 17.9. The van der Waals surface area contributed by atoms with Crippen LogP contribution in [-0.4, -0.2) is 41.5 Å². The number of carbonyl (C=O) groups excluding carboxylic acids is 1. The second kappa shape index (κ2) is 7.33. The average molecular weight is 388 g/mol. The van der Waals surface area contributed by atoms with Crippen molar-refractivity contribution in [3.05, 3.63) is 72.4 Å². The maximum atomic E-state index is 12.8. The highest BCUT2D eigenvalue weighted by atomic mass is 16.2. The number of nitrogens with one attached hydrogen (secondary N) is 2. The van der Waals surface area contributed by atoms with Crippen LogP contribution in [0, 0.1) is 11.8 Å². The van der Waals surface area contributed by atoms with E-state index in [1.165, 1.54) is 5.56 Å². The molecule has 3 unspecified atom stereocenters. The molecule has 5 rings (SSSR count). The van der Waals surface area contributed by atoms with Gasteiger partial charge in [-0.25, -0.2) is 9.79 Å². The second-order valence-electron chi connectivity index (χ2n) is 7.79. The summed E-state index contributed by atoms with van der Waals surface area (Å²) in [7, 11) is 0. The Morgan fingerprint density at radius 1 is 1.14 bits per heavy atom. The lowest BCUT2D eigenvalue weighted by atomic mass is 9.80. The number of hydrogen-bond donors (Lipinski definition) is 2. The predicted molar refractivity (Wildman–Crippen MR) is 112 cm³/mol. The van der Waals surface area contributed by atoms with E-state index in [-0.39, 0.29) is 11.9 Å². The van der Waals surface area contributed by atoms with Crippen LogP contribution in [0.15, 0.2) is 71.9 Å². The molecule has 4 heterocycles. The Hall–Kier alpha value is -3.19. The number of fused-ring (bicyclic) bond motifs is 1. The zero-order valence-electron chi connectivity index (χ0n) is 16.3. The lowest BCUT2D eigenvalue weighted by Gasteiger charge is -2.31. The smallest absolute Gasteiger partial charge is 0.326 e. The molecule has 29 heavy (non-hydrogen) atoms.